The zero-order valence-electron chi connectivity index (χ0n) is 14.2. The van der Waals surface area contributed by atoms with Gasteiger partial charge in [0.25, 0.3) is 0 Å². The first-order valence-corrected chi connectivity index (χ1v) is 8.05. The Morgan fingerprint density at radius 3 is 2.21 bits per heavy atom. The van der Waals surface area contributed by atoms with E-state index in [1.807, 2.05) is 0 Å². The van der Waals surface area contributed by atoms with Crippen LogP contribution in [0, 0.1) is 32.1 Å². The quantitative estimate of drug-likeness (QED) is 0.734. The van der Waals surface area contributed by atoms with Crippen molar-refractivity contribution in [1.29, 1.82) is 5.26 Å². The molecule has 0 bridgehead atoms. The summed E-state index contributed by atoms with van der Waals surface area (Å²) in [6.45, 7) is 6.20. The molecule has 0 unspecified atom stereocenters. The van der Waals surface area contributed by atoms with Crippen LogP contribution in [0.25, 0.3) is 5.69 Å². The first-order valence-electron chi connectivity index (χ1n) is 8.05. The molecule has 4 nitrogen and oxygen atoms in total. The standard InChI is InChI=1S/C20H20N4/c1-14-4-6-17(7-5-14)8-9-20-19(13-21)22-23-24(20)18-11-15(2)10-16(3)12-18/h4-7,10-12H,8-9H2,1-3H3. The van der Waals surface area contributed by atoms with E-state index in [0.717, 1.165) is 24.2 Å². The number of aromatic nitrogens is 3. The van der Waals surface area contributed by atoms with E-state index in [2.05, 4.69) is 79.6 Å². The van der Waals surface area contributed by atoms with Gasteiger partial charge in [-0.1, -0.05) is 41.1 Å². The van der Waals surface area contributed by atoms with E-state index in [9.17, 15) is 5.26 Å². The summed E-state index contributed by atoms with van der Waals surface area (Å²) in [6.07, 6.45) is 1.58. The molecule has 0 amide bonds. The van der Waals surface area contributed by atoms with E-state index in [-0.39, 0.29) is 0 Å². The molecule has 24 heavy (non-hydrogen) atoms. The van der Waals surface area contributed by atoms with E-state index in [1.165, 1.54) is 22.3 Å². The Morgan fingerprint density at radius 1 is 0.917 bits per heavy atom. The van der Waals surface area contributed by atoms with E-state index in [1.54, 1.807) is 4.68 Å². The summed E-state index contributed by atoms with van der Waals surface area (Å²) in [5.41, 5.74) is 7.06. The number of rotatable bonds is 4. The molecule has 0 radical (unpaired) electrons. The fraction of sp³-hybridized carbons (Fsp3) is 0.250. The van der Waals surface area contributed by atoms with E-state index < -0.39 is 0 Å². The Morgan fingerprint density at radius 2 is 1.58 bits per heavy atom. The van der Waals surface area contributed by atoms with Crippen molar-refractivity contribution in [1.82, 2.24) is 15.0 Å². The second-order valence-corrected chi connectivity index (χ2v) is 6.24. The van der Waals surface area contributed by atoms with Gasteiger partial charge in [0.15, 0.2) is 5.69 Å². The molecule has 0 aliphatic rings. The van der Waals surface area contributed by atoms with Gasteiger partial charge in [-0.2, -0.15) is 5.26 Å². The SMILES string of the molecule is Cc1ccc(CCc2c(C#N)nnn2-c2cc(C)cc(C)c2)cc1. The van der Waals surface area contributed by atoms with Crippen LogP contribution in [0.15, 0.2) is 42.5 Å². The minimum Gasteiger partial charge on any atom is -0.216 e. The first-order chi connectivity index (χ1) is 11.6. The number of nitrogens with zero attached hydrogens (tertiary/aromatic N) is 4. The summed E-state index contributed by atoms with van der Waals surface area (Å²) < 4.78 is 1.80. The fourth-order valence-corrected chi connectivity index (χ4v) is 2.91. The molecule has 3 rings (SSSR count). The van der Waals surface area contributed by atoms with Crippen LogP contribution in [-0.4, -0.2) is 15.0 Å². The summed E-state index contributed by atoms with van der Waals surface area (Å²) in [4.78, 5) is 0. The number of benzene rings is 2. The lowest BCUT2D eigenvalue weighted by Gasteiger charge is -2.09. The number of aryl methyl sites for hydroxylation is 4. The van der Waals surface area contributed by atoms with Crippen LogP contribution in [0.5, 0.6) is 0 Å². The van der Waals surface area contributed by atoms with Gasteiger partial charge in [0, 0.05) is 0 Å². The molecular formula is C20H20N4. The molecule has 0 saturated carbocycles. The average Bonchev–Trinajstić information content (AvgIpc) is 2.96. The molecular weight excluding hydrogens is 296 g/mol. The van der Waals surface area contributed by atoms with Gasteiger partial charge in [-0.05, 0) is 62.4 Å². The minimum atomic E-state index is 0.404. The molecule has 1 aromatic heterocycles. The maximum Gasteiger partial charge on any atom is 0.186 e. The third-order valence-corrected chi connectivity index (χ3v) is 4.09. The van der Waals surface area contributed by atoms with Crippen molar-refractivity contribution in [3.8, 4) is 11.8 Å². The van der Waals surface area contributed by atoms with Crippen molar-refractivity contribution in [2.45, 2.75) is 33.6 Å². The topological polar surface area (TPSA) is 54.5 Å². The highest BCUT2D eigenvalue weighted by Crippen LogP contribution is 2.18. The van der Waals surface area contributed by atoms with Crippen LogP contribution in [0.3, 0.4) is 0 Å². The lowest BCUT2D eigenvalue weighted by molar-refractivity contribution is 0.750. The Kier molecular flexibility index (Phi) is 4.43. The molecule has 3 aromatic rings. The number of nitriles is 1. The summed E-state index contributed by atoms with van der Waals surface area (Å²) in [5, 5.41) is 17.6. The fourth-order valence-electron chi connectivity index (χ4n) is 2.91. The molecule has 4 heteroatoms. The molecule has 0 N–H and O–H groups in total. The maximum atomic E-state index is 9.36. The Bertz CT molecular complexity index is 878. The van der Waals surface area contributed by atoms with Gasteiger partial charge in [-0.3, -0.25) is 0 Å². The predicted octanol–water partition coefficient (Wildman–Crippen LogP) is 3.85. The molecule has 120 valence electrons. The van der Waals surface area contributed by atoms with Gasteiger partial charge < -0.3 is 0 Å². The van der Waals surface area contributed by atoms with E-state index >= 15 is 0 Å². The van der Waals surface area contributed by atoms with Crippen molar-refractivity contribution in [3.63, 3.8) is 0 Å². The lowest BCUT2D eigenvalue weighted by atomic mass is 10.1. The van der Waals surface area contributed by atoms with E-state index in [0.29, 0.717) is 5.69 Å². The monoisotopic (exact) mass is 316 g/mol. The number of hydrogen-bond acceptors (Lipinski definition) is 3. The van der Waals surface area contributed by atoms with Gasteiger partial charge in [-0.25, -0.2) is 4.68 Å². The van der Waals surface area contributed by atoms with Crippen LogP contribution in [-0.2, 0) is 12.8 Å². The summed E-state index contributed by atoms with van der Waals surface area (Å²) >= 11 is 0. The smallest absolute Gasteiger partial charge is 0.186 e. The van der Waals surface area contributed by atoms with Crippen molar-refractivity contribution in [3.05, 3.63) is 76.1 Å². The Labute approximate surface area is 142 Å². The Hall–Kier alpha value is -2.93. The van der Waals surface area contributed by atoms with Gasteiger partial charge in [0.2, 0.25) is 0 Å². The largest absolute Gasteiger partial charge is 0.216 e. The second kappa shape index (κ2) is 6.67. The van der Waals surface area contributed by atoms with Crippen molar-refractivity contribution >= 4 is 0 Å². The molecule has 0 saturated heterocycles. The zero-order chi connectivity index (χ0) is 17.1. The number of hydrogen-bond donors (Lipinski definition) is 0. The van der Waals surface area contributed by atoms with Crippen LogP contribution >= 0.6 is 0 Å². The zero-order valence-corrected chi connectivity index (χ0v) is 14.2. The molecule has 0 aliphatic heterocycles. The van der Waals surface area contributed by atoms with Crippen molar-refractivity contribution < 1.29 is 0 Å². The maximum absolute atomic E-state index is 9.36. The summed E-state index contributed by atoms with van der Waals surface area (Å²) in [6, 6.07) is 16.9. The molecule has 0 atom stereocenters. The molecule has 0 aliphatic carbocycles. The van der Waals surface area contributed by atoms with Gasteiger partial charge in [0.05, 0.1) is 11.4 Å². The highest BCUT2D eigenvalue weighted by Gasteiger charge is 2.14. The second-order valence-electron chi connectivity index (χ2n) is 6.24. The average molecular weight is 316 g/mol. The minimum absolute atomic E-state index is 0.404. The first kappa shape index (κ1) is 15.9. The van der Waals surface area contributed by atoms with Gasteiger partial charge >= 0.3 is 0 Å². The van der Waals surface area contributed by atoms with Gasteiger partial charge in [0.1, 0.15) is 6.07 Å². The van der Waals surface area contributed by atoms with Gasteiger partial charge in [-0.15, -0.1) is 5.10 Å². The van der Waals surface area contributed by atoms with E-state index in [4.69, 9.17) is 0 Å². The Balaban J connectivity index is 1.93. The summed E-state index contributed by atoms with van der Waals surface area (Å²) in [7, 11) is 0. The van der Waals surface area contributed by atoms with Crippen LogP contribution in [0.1, 0.15) is 33.6 Å². The molecule has 0 fully saturated rings. The predicted molar refractivity (Wildman–Crippen MR) is 94.1 cm³/mol. The third kappa shape index (κ3) is 3.36. The molecule has 1 heterocycles. The van der Waals surface area contributed by atoms with Crippen LogP contribution in [0.2, 0.25) is 0 Å². The molecule has 2 aromatic carbocycles. The third-order valence-electron chi connectivity index (χ3n) is 4.09. The van der Waals surface area contributed by atoms with Crippen molar-refractivity contribution in [2.75, 3.05) is 0 Å². The molecule has 0 spiro atoms. The highest BCUT2D eigenvalue weighted by atomic mass is 15.4. The van der Waals surface area contributed by atoms with Crippen LogP contribution in [0.4, 0.5) is 0 Å². The normalized spacial score (nSPS) is 10.6. The van der Waals surface area contributed by atoms with Crippen molar-refractivity contribution in [2.24, 2.45) is 0 Å². The summed E-state index contributed by atoms with van der Waals surface area (Å²) in [5.74, 6) is 0. The lowest BCUT2D eigenvalue weighted by Crippen LogP contribution is -2.05. The highest BCUT2D eigenvalue weighted by molar-refractivity contribution is 5.42. The van der Waals surface area contributed by atoms with Crippen LogP contribution < -0.4 is 0 Å².